The predicted octanol–water partition coefficient (Wildman–Crippen LogP) is 3.49. The van der Waals surface area contributed by atoms with Gasteiger partial charge in [0.05, 0.1) is 23.9 Å². The monoisotopic (exact) mass is 288 g/mol. The van der Waals surface area contributed by atoms with Gasteiger partial charge in [0.1, 0.15) is 11.1 Å². The molecule has 0 aliphatic carbocycles. The molecular weight excluding hydrogens is 276 g/mol. The fourth-order valence-corrected chi connectivity index (χ4v) is 3.74. The van der Waals surface area contributed by atoms with Gasteiger partial charge in [0, 0.05) is 22.4 Å². The van der Waals surface area contributed by atoms with Gasteiger partial charge < -0.3 is 4.74 Å². The van der Waals surface area contributed by atoms with Crippen LogP contribution < -0.4 is 0 Å². The van der Waals surface area contributed by atoms with Crippen LogP contribution >= 0.6 is 23.1 Å². The maximum absolute atomic E-state index is 8.79. The van der Waals surface area contributed by atoms with E-state index in [4.69, 9.17) is 10.00 Å². The Kier molecular flexibility index (Phi) is 3.83. The third-order valence-corrected chi connectivity index (χ3v) is 4.85. The molecule has 1 fully saturated rings. The van der Waals surface area contributed by atoms with Crippen LogP contribution in [0.2, 0.25) is 0 Å². The number of nitrogens with zero attached hydrogens (tertiary/aromatic N) is 2. The zero-order chi connectivity index (χ0) is 13.1. The summed E-state index contributed by atoms with van der Waals surface area (Å²) in [5.41, 5.74) is 2.68. The van der Waals surface area contributed by atoms with E-state index in [9.17, 15) is 0 Å². The van der Waals surface area contributed by atoms with Crippen LogP contribution in [0, 0.1) is 11.3 Å². The summed E-state index contributed by atoms with van der Waals surface area (Å²) in [6.07, 6.45) is 0.135. The minimum absolute atomic E-state index is 0.135. The van der Waals surface area contributed by atoms with E-state index in [1.807, 2.05) is 36.0 Å². The van der Waals surface area contributed by atoms with Crippen LogP contribution in [-0.2, 0) is 4.74 Å². The molecule has 3 nitrogen and oxygen atoms in total. The summed E-state index contributed by atoms with van der Waals surface area (Å²) >= 11 is 3.56. The van der Waals surface area contributed by atoms with Gasteiger partial charge in [-0.15, -0.1) is 11.3 Å². The van der Waals surface area contributed by atoms with E-state index in [-0.39, 0.29) is 6.10 Å². The summed E-state index contributed by atoms with van der Waals surface area (Å²) in [5.74, 6) is 2.06. The molecule has 1 saturated heterocycles. The standard InChI is InChI=1S/C14H12N2OS2/c15-7-10-1-3-11(4-2-10)12-8-19-14(16-12)13-9-18-6-5-17-13/h1-4,8,13H,5-6,9H2. The van der Waals surface area contributed by atoms with Crippen molar-refractivity contribution in [3.8, 4) is 17.3 Å². The highest BCUT2D eigenvalue weighted by Crippen LogP contribution is 2.31. The molecule has 1 aromatic heterocycles. The van der Waals surface area contributed by atoms with Crippen molar-refractivity contribution in [1.29, 1.82) is 5.26 Å². The van der Waals surface area contributed by atoms with E-state index < -0.39 is 0 Å². The summed E-state index contributed by atoms with van der Waals surface area (Å²) in [5, 5.41) is 11.9. The summed E-state index contributed by atoms with van der Waals surface area (Å²) in [7, 11) is 0. The van der Waals surface area contributed by atoms with Gasteiger partial charge in [-0.05, 0) is 12.1 Å². The maximum atomic E-state index is 8.79. The van der Waals surface area contributed by atoms with Crippen LogP contribution in [0.15, 0.2) is 29.6 Å². The number of thiazole rings is 1. The van der Waals surface area contributed by atoms with Crippen molar-refractivity contribution in [2.24, 2.45) is 0 Å². The van der Waals surface area contributed by atoms with Gasteiger partial charge in [0.2, 0.25) is 0 Å². The average molecular weight is 288 g/mol. The lowest BCUT2D eigenvalue weighted by molar-refractivity contribution is 0.0756. The van der Waals surface area contributed by atoms with Crippen molar-refractivity contribution >= 4 is 23.1 Å². The molecule has 2 heterocycles. The second-order valence-corrected chi connectivity index (χ2v) is 6.23. The molecule has 0 N–H and O–H groups in total. The topological polar surface area (TPSA) is 45.9 Å². The lowest BCUT2D eigenvalue weighted by Crippen LogP contribution is -2.15. The van der Waals surface area contributed by atoms with Gasteiger partial charge in [0.15, 0.2) is 0 Å². The zero-order valence-electron chi connectivity index (χ0n) is 10.2. The first-order chi connectivity index (χ1) is 9.36. The van der Waals surface area contributed by atoms with Crippen molar-refractivity contribution in [1.82, 2.24) is 4.98 Å². The Labute approximate surface area is 120 Å². The Balaban J connectivity index is 1.81. The van der Waals surface area contributed by atoms with Crippen molar-refractivity contribution in [3.05, 3.63) is 40.2 Å². The van der Waals surface area contributed by atoms with Crippen molar-refractivity contribution in [2.75, 3.05) is 18.1 Å². The van der Waals surface area contributed by atoms with E-state index in [1.165, 1.54) is 0 Å². The Morgan fingerprint density at radius 3 is 2.84 bits per heavy atom. The highest BCUT2D eigenvalue weighted by Gasteiger charge is 2.19. The third kappa shape index (κ3) is 2.81. The molecule has 1 aliphatic rings. The van der Waals surface area contributed by atoms with Crippen LogP contribution in [-0.4, -0.2) is 23.1 Å². The molecule has 1 unspecified atom stereocenters. The molecular formula is C14H12N2OS2. The highest BCUT2D eigenvalue weighted by atomic mass is 32.2. The minimum atomic E-state index is 0.135. The largest absolute Gasteiger partial charge is 0.369 e. The quantitative estimate of drug-likeness (QED) is 0.848. The van der Waals surface area contributed by atoms with Gasteiger partial charge in [-0.1, -0.05) is 12.1 Å². The number of hydrogen-bond donors (Lipinski definition) is 0. The fraction of sp³-hybridized carbons (Fsp3) is 0.286. The fourth-order valence-electron chi connectivity index (χ4n) is 1.91. The minimum Gasteiger partial charge on any atom is -0.369 e. The molecule has 5 heteroatoms. The van der Waals surface area contributed by atoms with Crippen molar-refractivity contribution in [2.45, 2.75) is 6.10 Å². The average Bonchev–Trinajstić information content (AvgIpc) is 2.98. The predicted molar refractivity (Wildman–Crippen MR) is 78.3 cm³/mol. The van der Waals surface area contributed by atoms with Crippen LogP contribution in [0.5, 0.6) is 0 Å². The van der Waals surface area contributed by atoms with Gasteiger partial charge in [-0.2, -0.15) is 17.0 Å². The Morgan fingerprint density at radius 2 is 2.16 bits per heavy atom. The summed E-state index contributed by atoms with van der Waals surface area (Å²) in [6, 6.07) is 9.64. The van der Waals surface area contributed by atoms with E-state index in [0.29, 0.717) is 5.56 Å². The van der Waals surface area contributed by atoms with E-state index in [2.05, 4.69) is 16.4 Å². The molecule has 0 spiro atoms. The molecule has 0 saturated carbocycles. The molecule has 2 aromatic rings. The number of rotatable bonds is 2. The van der Waals surface area contributed by atoms with Crippen LogP contribution in [0.3, 0.4) is 0 Å². The second kappa shape index (κ2) is 5.74. The van der Waals surface area contributed by atoms with Crippen LogP contribution in [0.4, 0.5) is 0 Å². The first kappa shape index (κ1) is 12.7. The Morgan fingerprint density at radius 1 is 1.32 bits per heavy atom. The second-order valence-electron chi connectivity index (χ2n) is 4.19. The van der Waals surface area contributed by atoms with Crippen LogP contribution in [0.1, 0.15) is 16.7 Å². The smallest absolute Gasteiger partial charge is 0.123 e. The Hall–Kier alpha value is -1.35. The van der Waals surface area contributed by atoms with Crippen molar-refractivity contribution in [3.63, 3.8) is 0 Å². The first-order valence-electron chi connectivity index (χ1n) is 6.02. The van der Waals surface area contributed by atoms with Gasteiger partial charge >= 0.3 is 0 Å². The highest BCUT2D eigenvalue weighted by molar-refractivity contribution is 7.99. The summed E-state index contributed by atoms with van der Waals surface area (Å²) < 4.78 is 5.73. The molecule has 0 amide bonds. The lowest BCUT2D eigenvalue weighted by atomic mass is 10.1. The number of nitriles is 1. The number of ether oxygens (including phenoxy) is 1. The summed E-state index contributed by atoms with van der Waals surface area (Å²) in [4.78, 5) is 4.66. The molecule has 0 bridgehead atoms. The van der Waals surface area contributed by atoms with Gasteiger partial charge in [-0.3, -0.25) is 0 Å². The number of thioether (sulfide) groups is 1. The molecule has 3 rings (SSSR count). The molecule has 1 atom stereocenters. The van der Waals surface area contributed by atoms with Gasteiger partial charge in [-0.25, -0.2) is 4.98 Å². The van der Waals surface area contributed by atoms with E-state index in [0.717, 1.165) is 34.4 Å². The normalized spacial score (nSPS) is 19.0. The number of aromatic nitrogens is 1. The van der Waals surface area contributed by atoms with E-state index >= 15 is 0 Å². The van der Waals surface area contributed by atoms with Crippen LogP contribution in [0.25, 0.3) is 11.3 Å². The summed E-state index contributed by atoms with van der Waals surface area (Å²) in [6.45, 7) is 0.807. The Bertz CT molecular complexity index is 595. The lowest BCUT2D eigenvalue weighted by Gasteiger charge is -2.19. The van der Waals surface area contributed by atoms with E-state index in [1.54, 1.807) is 11.3 Å². The maximum Gasteiger partial charge on any atom is 0.123 e. The SMILES string of the molecule is N#Cc1ccc(-c2csc(C3CSCCO3)n2)cc1. The number of benzene rings is 1. The molecule has 0 radical (unpaired) electrons. The molecule has 96 valence electrons. The zero-order valence-corrected chi connectivity index (χ0v) is 11.8. The molecule has 1 aliphatic heterocycles. The third-order valence-electron chi connectivity index (χ3n) is 2.92. The van der Waals surface area contributed by atoms with Gasteiger partial charge in [0.25, 0.3) is 0 Å². The number of hydrogen-bond acceptors (Lipinski definition) is 5. The molecule has 1 aromatic carbocycles. The molecule has 19 heavy (non-hydrogen) atoms. The van der Waals surface area contributed by atoms with Crippen molar-refractivity contribution < 1.29 is 4.74 Å². The first-order valence-corrected chi connectivity index (χ1v) is 8.05.